The predicted octanol–water partition coefficient (Wildman–Crippen LogP) is 4.67. The van der Waals surface area contributed by atoms with E-state index in [4.69, 9.17) is 0 Å². The van der Waals surface area contributed by atoms with E-state index in [1.165, 1.54) is 11.3 Å². The highest BCUT2D eigenvalue weighted by atomic mass is 32.1. The Balaban J connectivity index is 1.77. The second-order valence-corrected chi connectivity index (χ2v) is 9.17. The molecule has 1 atom stereocenters. The molecule has 3 rings (SSSR count). The molecule has 2 aromatic heterocycles. The van der Waals surface area contributed by atoms with E-state index in [0.717, 1.165) is 10.4 Å². The molecular weight excluding hydrogens is 434 g/mol. The highest BCUT2D eigenvalue weighted by Crippen LogP contribution is 2.23. The largest absolute Gasteiger partial charge is 0.351 e. The molecule has 0 unspecified atom stereocenters. The number of ketones is 1. The van der Waals surface area contributed by atoms with Crippen molar-refractivity contribution < 1.29 is 14.4 Å². The molecule has 0 fully saturated rings. The topological polar surface area (TPSA) is 88.2 Å². The van der Waals surface area contributed by atoms with Crippen molar-refractivity contribution >= 4 is 28.9 Å². The average molecular weight is 463 g/mol. The van der Waals surface area contributed by atoms with Gasteiger partial charge in [-0.25, -0.2) is 4.98 Å². The Labute approximate surface area is 198 Å². The number of aromatic nitrogens is 1. The molecule has 1 aromatic carbocycles. The van der Waals surface area contributed by atoms with Crippen LogP contribution < -0.4 is 10.6 Å². The number of Topliss-reactive ketones (excluding diaryl/α,β-unsaturated/α-hetero) is 1. The third-order valence-electron chi connectivity index (χ3n) is 5.02. The average Bonchev–Trinajstić information content (AvgIpc) is 3.34. The maximum Gasteiger partial charge on any atom is 0.251 e. The number of pyridine rings is 1. The van der Waals surface area contributed by atoms with E-state index in [2.05, 4.69) is 15.6 Å². The van der Waals surface area contributed by atoms with Crippen molar-refractivity contribution in [1.82, 2.24) is 15.6 Å². The molecule has 0 spiro atoms. The van der Waals surface area contributed by atoms with E-state index in [1.54, 1.807) is 30.8 Å². The molecule has 1 radical (unpaired) electrons. The molecule has 0 saturated carbocycles. The number of benzene rings is 1. The van der Waals surface area contributed by atoms with Crippen LogP contribution in [0.1, 0.15) is 46.7 Å². The highest BCUT2D eigenvalue weighted by Gasteiger charge is 2.29. The maximum atomic E-state index is 13.3. The van der Waals surface area contributed by atoms with E-state index >= 15 is 0 Å². The van der Waals surface area contributed by atoms with Gasteiger partial charge in [0.2, 0.25) is 5.91 Å². The van der Waals surface area contributed by atoms with Crippen molar-refractivity contribution in [3.8, 4) is 10.6 Å². The minimum absolute atomic E-state index is 0.127. The zero-order chi connectivity index (χ0) is 23.8. The Kier molecular flexibility index (Phi) is 8.49. The summed E-state index contributed by atoms with van der Waals surface area (Å²) in [5.41, 5.74) is 2.37. The van der Waals surface area contributed by atoms with Gasteiger partial charge in [-0.15, -0.1) is 11.3 Å². The number of hydrogen-bond acceptors (Lipinski definition) is 5. The Hall–Kier alpha value is -3.32. The van der Waals surface area contributed by atoms with Crippen LogP contribution in [-0.2, 0) is 4.79 Å². The molecule has 33 heavy (non-hydrogen) atoms. The summed E-state index contributed by atoms with van der Waals surface area (Å²) in [5, 5.41) is 7.38. The van der Waals surface area contributed by atoms with Gasteiger partial charge in [-0.05, 0) is 55.0 Å². The molecule has 0 saturated heterocycles. The Bertz CT molecular complexity index is 1090. The van der Waals surface area contributed by atoms with Crippen molar-refractivity contribution in [3.63, 3.8) is 0 Å². The van der Waals surface area contributed by atoms with Gasteiger partial charge in [0, 0.05) is 18.7 Å². The number of rotatable bonds is 10. The van der Waals surface area contributed by atoms with Crippen LogP contribution in [0.4, 0.5) is 0 Å². The third kappa shape index (κ3) is 6.83. The van der Waals surface area contributed by atoms with Gasteiger partial charge < -0.3 is 10.6 Å². The quantitative estimate of drug-likeness (QED) is 0.338. The molecule has 2 amide bonds. The summed E-state index contributed by atoms with van der Waals surface area (Å²) in [4.78, 5) is 44.2. The standard InChI is InChI=1S/C26H28N3O3S/c1-17(2)13-14-27-26(32)20(16-28-25(31)19-11-9-18(3)10-12-19)24(30)22-7-4-6-21(29-22)23-8-5-15-33-23/h4-12,14-15,17,20H,13,16H2,1-3H3,(H,27,32)(H,28,31)/t20-/m0/s1. The summed E-state index contributed by atoms with van der Waals surface area (Å²) in [5.74, 6) is -1.98. The zero-order valence-electron chi connectivity index (χ0n) is 19.0. The van der Waals surface area contributed by atoms with Crippen LogP contribution in [0.3, 0.4) is 0 Å². The lowest BCUT2D eigenvalue weighted by Crippen LogP contribution is -2.42. The number of nitrogens with zero attached hydrogens (tertiary/aromatic N) is 1. The highest BCUT2D eigenvalue weighted by molar-refractivity contribution is 7.13. The summed E-state index contributed by atoms with van der Waals surface area (Å²) in [6.45, 7) is 7.54. The van der Waals surface area contributed by atoms with Gasteiger partial charge in [-0.3, -0.25) is 14.4 Å². The monoisotopic (exact) mass is 462 g/mol. The van der Waals surface area contributed by atoms with Gasteiger partial charge in [0.15, 0.2) is 5.78 Å². The number of carbonyl (C=O) groups is 3. The van der Waals surface area contributed by atoms with Crippen molar-refractivity contribution in [3.05, 3.63) is 83.3 Å². The summed E-state index contributed by atoms with van der Waals surface area (Å²) in [7, 11) is 0. The van der Waals surface area contributed by atoms with Crippen LogP contribution in [0.25, 0.3) is 10.6 Å². The van der Waals surface area contributed by atoms with E-state index in [0.29, 0.717) is 23.6 Å². The van der Waals surface area contributed by atoms with E-state index < -0.39 is 17.6 Å². The third-order valence-corrected chi connectivity index (χ3v) is 5.91. The molecule has 6 nitrogen and oxygen atoms in total. The van der Waals surface area contributed by atoms with Gasteiger partial charge >= 0.3 is 0 Å². The summed E-state index contributed by atoms with van der Waals surface area (Å²) >= 11 is 1.52. The number of aryl methyl sites for hydroxylation is 1. The van der Waals surface area contributed by atoms with Gasteiger partial charge in [0.25, 0.3) is 5.91 Å². The fourth-order valence-electron chi connectivity index (χ4n) is 3.11. The van der Waals surface area contributed by atoms with Gasteiger partial charge in [0.05, 0.1) is 10.6 Å². The predicted molar refractivity (Wildman–Crippen MR) is 131 cm³/mol. The van der Waals surface area contributed by atoms with Gasteiger partial charge in [-0.1, -0.05) is 43.7 Å². The van der Waals surface area contributed by atoms with Crippen molar-refractivity contribution in [2.45, 2.75) is 27.2 Å². The SMILES string of the molecule is Cc1ccc(C(=O)NC[C@H](C(=O)N[CH]CC(C)C)C(=O)c2cccc(-c3cccs3)n2)cc1. The lowest BCUT2D eigenvalue weighted by molar-refractivity contribution is -0.122. The smallest absolute Gasteiger partial charge is 0.251 e. The van der Waals surface area contributed by atoms with Crippen LogP contribution in [0.15, 0.2) is 60.0 Å². The van der Waals surface area contributed by atoms with Gasteiger partial charge in [0.1, 0.15) is 11.6 Å². The lowest BCUT2D eigenvalue weighted by atomic mass is 9.99. The maximum absolute atomic E-state index is 13.3. The molecular formula is C26H28N3O3S. The molecule has 0 aliphatic heterocycles. The molecule has 3 aromatic rings. The lowest BCUT2D eigenvalue weighted by Gasteiger charge is -2.17. The van der Waals surface area contributed by atoms with E-state index in [-0.39, 0.29) is 18.1 Å². The molecule has 2 heterocycles. The zero-order valence-corrected chi connectivity index (χ0v) is 19.8. The van der Waals surface area contributed by atoms with Crippen LogP contribution >= 0.6 is 11.3 Å². The van der Waals surface area contributed by atoms with Crippen LogP contribution in [0.2, 0.25) is 0 Å². The molecule has 7 heteroatoms. The number of amides is 2. The van der Waals surface area contributed by atoms with E-state index in [9.17, 15) is 14.4 Å². The second kappa shape index (κ2) is 11.5. The number of hydrogen-bond donors (Lipinski definition) is 2. The Morgan fingerprint density at radius 1 is 1.03 bits per heavy atom. The fourth-order valence-corrected chi connectivity index (χ4v) is 3.81. The molecule has 171 valence electrons. The number of carbonyl (C=O) groups excluding carboxylic acids is 3. The van der Waals surface area contributed by atoms with Crippen LogP contribution in [0.5, 0.6) is 0 Å². The summed E-state index contributed by atoms with van der Waals surface area (Å²) in [6, 6.07) is 16.1. The van der Waals surface area contributed by atoms with E-state index in [1.807, 2.05) is 56.5 Å². The molecule has 0 aliphatic rings. The minimum Gasteiger partial charge on any atom is -0.351 e. The number of nitrogens with one attached hydrogen (secondary N) is 2. The first-order valence-corrected chi connectivity index (χ1v) is 11.7. The summed E-state index contributed by atoms with van der Waals surface area (Å²) in [6.07, 6.45) is 0.675. The van der Waals surface area contributed by atoms with Crippen molar-refractivity contribution in [2.24, 2.45) is 11.8 Å². The first-order chi connectivity index (χ1) is 15.8. The first kappa shape index (κ1) is 24.3. The normalized spacial score (nSPS) is 11.8. The van der Waals surface area contributed by atoms with Crippen molar-refractivity contribution in [2.75, 3.05) is 6.54 Å². The van der Waals surface area contributed by atoms with Gasteiger partial charge in [-0.2, -0.15) is 0 Å². The number of thiophene rings is 1. The fraction of sp³-hybridized carbons (Fsp3) is 0.269. The van der Waals surface area contributed by atoms with Crippen LogP contribution in [-0.4, -0.2) is 29.1 Å². The Morgan fingerprint density at radius 3 is 2.45 bits per heavy atom. The van der Waals surface area contributed by atoms with Crippen molar-refractivity contribution in [1.29, 1.82) is 0 Å². The summed E-state index contributed by atoms with van der Waals surface area (Å²) < 4.78 is 0. The second-order valence-electron chi connectivity index (χ2n) is 8.22. The Morgan fingerprint density at radius 2 is 1.79 bits per heavy atom. The van der Waals surface area contributed by atoms with Crippen LogP contribution in [0, 0.1) is 25.3 Å². The first-order valence-electron chi connectivity index (χ1n) is 10.9. The molecule has 0 aliphatic carbocycles. The minimum atomic E-state index is -1.10. The molecule has 2 N–H and O–H groups in total. The molecule has 0 bridgehead atoms.